The van der Waals surface area contributed by atoms with E-state index >= 15 is 4.11 Å². The normalized spacial score (nSPS) is 22.1. The molecule has 38 heavy (non-hydrogen) atoms. The van der Waals surface area contributed by atoms with E-state index in [1.165, 1.54) is 0 Å². The number of rotatable bonds is 10. The Bertz CT molecular complexity index is 1130. The third-order valence-corrected chi connectivity index (χ3v) is 10.1. The summed E-state index contributed by atoms with van der Waals surface area (Å²) < 4.78 is 28.3. The predicted octanol–water partition coefficient (Wildman–Crippen LogP) is 4.85. The van der Waals surface area contributed by atoms with Crippen molar-refractivity contribution >= 4 is 25.9 Å². The Hall–Kier alpha value is -2.75. The van der Waals surface area contributed by atoms with Crippen molar-refractivity contribution in [3.05, 3.63) is 59.7 Å². The molecule has 9 heteroatoms. The lowest BCUT2D eigenvalue weighted by Crippen LogP contribution is -2.48. The number of carbonyl (C=O) groups is 2. The second-order valence-corrected chi connectivity index (χ2v) is 14.7. The highest BCUT2D eigenvalue weighted by Gasteiger charge is 2.48. The van der Waals surface area contributed by atoms with Crippen LogP contribution in [-0.2, 0) is 20.9 Å². The molecule has 1 fully saturated rings. The van der Waals surface area contributed by atoms with Gasteiger partial charge in [-0.05, 0) is 43.3 Å². The van der Waals surface area contributed by atoms with Crippen molar-refractivity contribution in [1.82, 2.24) is 4.90 Å². The van der Waals surface area contributed by atoms with Gasteiger partial charge in [-0.3, -0.25) is 9.59 Å². The lowest BCUT2D eigenvalue weighted by Gasteiger charge is -2.43. The van der Waals surface area contributed by atoms with Crippen molar-refractivity contribution in [3.8, 4) is 5.75 Å². The number of halogens is 1. The Labute approximate surface area is 225 Å². The molecule has 2 heterocycles. The quantitative estimate of drug-likeness (QED) is 0.343. The van der Waals surface area contributed by atoms with E-state index in [0.717, 1.165) is 23.2 Å². The van der Waals surface area contributed by atoms with Crippen LogP contribution in [0.5, 0.6) is 5.75 Å². The lowest BCUT2D eigenvalue weighted by molar-refractivity contribution is -0.133. The smallest absolute Gasteiger partial charge is 0.248 e. The zero-order valence-corrected chi connectivity index (χ0v) is 23.7. The molecule has 2 aliphatic heterocycles. The average Bonchev–Trinajstić information content (AvgIpc) is 3.32. The molecule has 0 radical (unpaired) electrons. The van der Waals surface area contributed by atoms with E-state index in [9.17, 15) is 14.7 Å². The number of anilines is 1. The number of aliphatic hydroxyl groups is 1. The van der Waals surface area contributed by atoms with E-state index < -0.39 is 20.1 Å². The fraction of sp³-hybridized carbons (Fsp3) is 0.517. The van der Waals surface area contributed by atoms with Gasteiger partial charge in [0, 0.05) is 62.3 Å². The molecule has 0 spiro atoms. The highest BCUT2D eigenvalue weighted by atomic mass is 28.4. The number of benzene rings is 2. The maximum Gasteiger partial charge on any atom is 0.248 e. The van der Waals surface area contributed by atoms with Gasteiger partial charge in [0.15, 0.2) is 0 Å². The molecule has 0 bridgehead atoms. The van der Waals surface area contributed by atoms with Crippen molar-refractivity contribution in [1.29, 1.82) is 0 Å². The summed E-state index contributed by atoms with van der Waals surface area (Å²) in [6.45, 7) is 6.26. The molecular weight excluding hydrogens is 503 g/mol. The van der Waals surface area contributed by atoms with E-state index in [0.29, 0.717) is 25.3 Å². The Morgan fingerprint density at radius 1 is 1.26 bits per heavy atom. The minimum atomic E-state index is -3.39. The molecular formula is C29H39FN2O5Si. The summed E-state index contributed by atoms with van der Waals surface area (Å²) in [5, 5.41) is 9.62. The van der Waals surface area contributed by atoms with Gasteiger partial charge < -0.3 is 28.5 Å². The van der Waals surface area contributed by atoms with E-state index in [-0.39, 0.29) is 43.4 Å². The van der Waals surface area contributed by atoms with E-state index in [4.69, 9.17) is 9.47 Å². The van der Waals surface area contributed by atoms with Crippen LogP contribution in [0.2, 0.25) is 18.6 Å². The molecule has 0 saturated carbocycles. The fourth-order valence-electron chi connectivity index (χ4n) is 5.74. The van der Waals surface area contributed by atoms with Gasteiger partial charge in [0.2, 0.25) is 20.2 Å². The van der Waals surface area contributed by atoms with Gasteiger partial charge in [0.05, 0.1) is 12.7 Å². The molecule has 1 saturated heterocycles. The van der Waals surface area contributed by atoms with Crippen LogP contribution >= 0.6 is 0 Å². The van der Waals surface area contributed by atoms with Gasteiger partial charge >= 0.3 is 0 Å². The highest BCUT2D eigenvalue weighted by molar-refractivity contribution is 6.72. The molecule has 2 amide bonds. The van der Waals surface area contributed by atoms with Gasteiger partial charge in [0.1, 0.15) is 11.9 Å². The second kappa shape index (κ2) is 12.0. The lowest BCUT2D eigenvalue weighted by atomic mass is 9.86. The second-order valence-electron chi connectivity index (χ2n) is 10.9. The van der Waals surface area contributed by atoms with Crippen molar-refractivity contribution in [2.75, 3.05) is 31.7 Å². The molecule has 2 aliphatic rings. The van der Waals surface area contributed by atoms with Crippen molar-refractivity contribution in [2.24, 2.45) is 5.92 Å². The molecule has 0 aliphatic carbocycles. The zero-order chi connectivity index (χ0) is 27.4. The van der Waals surface area contributed by atoms with E-state index in [2.05, 4.69) is 0 Å². The maximum atomic E-state index is 15.9. The summed E-state index contributed by atoms with van der Waals surface area (Å²) >= 11 is 0. The highest BCUT2D eigenvalue weighted by Crippen LogP contribution is 2.48. The predicted molar refractivity (Wildman–Crippen MR) is 147 cm³/mol. The summed E-state index contributed by atoms with van der Waals surface area (Å²) in [5.41, 5.74) is 1.98. The van der Waals surface area contributed by atoms with Crippen molar-refractivity contribution in [2.45, 2.75) is 63.6 Å². The Balaban J connectivity index is 1.59. The van der Waals surface area contributed by atoms with Gasteiger partial charge in [-0.25, -0.2) is 0 Å². The summed E-state index contributed by atoms with van der Waals surface area (Å²) in [4.78, 5) is 29.2. The molecule has 206 valence electrons. The number of hydrogen-bond acceptors (Lipinski definition) is 5. The van der Waals surface area contributed by atoms with Crippen LogP contribution in [0, 0.1) is 5.92 Å². The van der Waals surface area contributed by atoms with Gasteiger partial charge in [-0.2, -0.15) is 0 Å². The first kappa shape index (κ1) is 28.3. The molecule has 4 rings (SSSR count). The number of aliphatic hydroxyl groups excluding tert-OH is 1. The number of hydrogen-bond donors (Lipinski definition) is 1. The van der Waals surface area contributed by atoms with Crippen LogP contribution in [0.25, 0.3) is 0 Å². The molecule has 2 aromatic carbocycles. The minimum Gasteiger partial charge on any atom is -0.490 e. The number of ether oxygens (including phenoxy) is 2. The molecule has 0 aromatic heterocycles. The van der Waals surface area contributed by atoms with Crippen LogP contribution in [-0.4, -0.2) is 63.1 Å². The number of methoxy groups -OCH3 is 1. The number of carbonyl (C=O) groups excluding carboxylic acids is 2. The molecule has 1 N–H and O–H groups in total. The first-order chi connectivity index (χ1) is 18.1. The van der Waals surface area contributed by atoms with Crippen LogP contribution < -0.4 is 9.64 Å². The molecule has 7 nitrogen and oxygen atoms in total. The van der Waals surface area contributed by atoms with Crippen molar-refractivity contribution in [3.63, 3.8) is 0 Å². The molecule has 1 unspecified atom stereocenters. The first-order valence-corrected chi connectivity index (χ1v) is 16.3. The number of fused-ring (bicyclic) bond motifs is 1. The summed E-state index contributed by atoms with van der Waals surface area (Å²) in [5.74, 6) is 0.276. The largest absolute Gasteiger partial charge is 0.490 e. The summed E-state index contributed by atoms with van der Waals surface area (Å²) in [6, 6.07) is 15.2. The average molecular weight is 543 g/mol. The SMILES string of the molecule is CO[C@@H]1c2cc(N3CCCC3=O)ccc2O[C@H](C(CC(=O)N(CCO)Cc2ccccc2)[Si](C)(C)F)[C@H]1C. The fourth-order valence-corrected chi connectivity index (χ4v) is 7.55. The number of nitrogens with zero attached hydrogens (tertiary/aromatic N) is 2. The third-order valence-electron chi connectivity index (χ3n) is 7.81. The summed E-state index contributed by atoms with van der Waals surface area (Å²) in [6.07, 6.45) is 0.443. The van der Waals surface area contributed by atoms with Crippen LogP contribution in [0.4, 0.5) is 9.80 Å². The molecule has 4 atom stereocenters. The van der Waals surface area contributed by atoms with Gasteiger partial charge in [-0.15, -0.1) is 0 Å². The summed E-state index contributed by atoms with van der Waals surface area (Å²) in [7, 11) is -1.76. The molecule has 2 aromatic rings. The Morgan fingerprint density at radius 2 is 2.00 bits per heavy atom. The van der Waals surface area contributed by atoms with E-state index in [1.54, 1.807) is 30.0 Å². The number of amides is 2. The zero-order valence-electron chi connectivity index (χ0n) is 22.7. The topological polar surface area (TPSA) is 79.3 Å². The van der Waals surface area contributed by atoms with Crippen LogP contribution in [0.15, 0.2) is 48.5 Å². The van der Waals surface area contributed by atoms with Crippen LogP contribution in [0.3, 0.4) is 0 Å². The van der Waals surface area contributed by atoms with Gasteiger partial charge in [0.25, 0.3) is 0 Å². The standard InChI is InChI=1S/C29H39FN2O5Si/c1-20-28(36-2)23-17-22(32-14-8-11-26(32)34)12-13-24(23)37-29(20)25(38(3,4)30)18-27(35)31(15-16-33)19-21-9-6-5-7-10-21/h5-7,9-10,12-13,17,20,25,28-29,33H,8,11,14-16,18-19H2,1-4H3/t20-,25?,28-,29-/m0/s1. The third kappa shape index (κ3) is 6.11. The maximum absolute atomic E-state index is 15.9. The van der Waals surface area contributed by atoms with Gasteiger partial charge in [-0.1, -0.05) is 37.3 Å². The Kier molecular flexibility index (Phi) is 8.90. The monoisotopic (exact) mass is 542 g/mol. The minimum absolute atomic E-state index is 0.0102. The van der Waals surface area contributed by atoms with E-state index in [1.807, 2.05) is 55.5 Å². The van der Waals surface area contributed by atoms with Crippen LogP contribution in [0.1, 0.15) is 43.4 Å². The Morgan fingerprint density at radius 3 is 2.61 bits per heavy atom. The van der Waals surface area contributed by atoms with Crippen molar-refractivity contribution < 1.29 is 28.3 Å². The first-order valence-electron chi connectivity index (χ1n) is 13.4.